The number of ether oxygens (including phenoxy) is 1. The Morgan fingerprint density at radius 3 is 2.08 bits per heavy atom. The highest BCUT2D eigenvalue weighted by Gasteiger charge is 2.24. The summed E-state index contributed by atoms with van der Waals surface area (Å²) in [5.74, 6) is 1.25. The molecule has 138 valence electrons. The van der Waals surface area contributed by atoms with E-state index in [1.807, 2.05) is 43.0 Å². The lowest BCUT2D eigenvalue weighted by atomic mass is 10.1. The topological polar surface area (TPSA) is 49.9 Å². The van der Waals surface area contributed by atoms with Gasteiger partial charge in [-0.15, -0.1) is 0 Å². The minimum absolute atomic E-state index is 0.0198. The third kappa shape index (κ3) is 6.07. The summed E-state index contributed by atoms with van der Waals surface area (Å²) in [5.41, 5.74) is 1.28. The molecule has 1 aromatic rings. The predicted molar refractivity (Wildman–Crippen MR) is 98.5 cm³/mol. The lowest BCUT2D eigenvalue weighted by Crippen LogP contribution is -2.51. The highest BCUT2D eigenvalue weighted by Crippen LogP contribution is 2.14. The summed E-state index contributed by atoms with van der Waals surface area (Å²) in [6, 6.07) is 7.92. The van der Waals surface area contributed by atoms with Crippen molar-refractivity contribution < 1.29 is 14.3 Å². The molecule has 1 aliphatic heterocycles. The molecule has 1 aliphatic rings. The van der Waals surface area contributed by atoms with E-state index in [4.69, 9.17) is 4.74 Å². The first kappa shape index (κ1) is 19.3. The Morgan fingerprint density at radius 1 is 1.00 bits per heavy atom. The smallest absolute Gasteiger partial charge is 0.260 e. The second kappa shape index (κ2) is 9.44. The summed E-state index contributed by atoms with van der Waals surface area (Å²) in [5, 5.41) is 0. The molecule has 1 saturated heterocycles. The number of rotatable bonds is 7. The van der Waals surface area contributed by atoms with Crippen LogP contribution in [0, 0.1) is 5.92 Å². The molecule has 2 amide bonds. The Hall–Kier alpha value is -2.04. The summed E-state index contributed by atoms with van der Waals surface area (Å²) < 4.78 is 5.61. The van der Waals surface area contributed by atoms with Crippen LogP contribution in [0.25, 0.3) is 0 Å². The van der Waals surface area contributed by atoms with Gasteiger partial charge in [-0.3, -0.25) is 9.59 Å². The summed E-state index contributed by atoms with van der Waals surface area (Å²) in [7, 11) is 0. The van der Waals surface area contributed by atoms with Crippen molar-refractivity contribution in [3.05, 3.63) is 29.8 Å². The highest BCUT2D eigenvalue weighted by atomic mass is 16.5. The van der Waals surface area contributed by atoms with Crippen LogP contribution >= 0.6 is 0 Å². The van der Waals surface area contributed by atoms with E-state index in [1.54, 1.807) is 4.90 Å². The number of carbonyl (C=O) groups is 2. The number of hydrogen-bond acceptors (Lipinski definition) is 3. The average Bonchev–Trinajstić information content (AvgIpc) is 2.60. The quantitative estimate of drug-likeness (QED) is 0.763. The van der Waals surface area contributed by atoms with Gasteiger partial charge in [0.1, 0.15) is 5.75 Å². The first-order valence-corrected chi connectivity index (χ1v) is 9.27. The molecule has 1 aromatic carbocycles. The molecule has 0 aromatic heterocycles. The highest BCUT2D eigenvalue weighted by molar-refractivity contribution is 5.79. The largest absolute Gasteiger partial charge is 0.484 e. The lowest BCUT2D eigenvalue weighted by molar-refractivity contribution is -0.141. The Labute approximate surface area is 150 Å². The molecule has 2 rings (SSSR count). The summed E-state index contributed by atoms with van der Waals surface area (Å²) in [4.78, 5) is 28.0. The number of piperazine rings is 1. The normalized spacial score (nSPS) is 14.7. The van der Waals surface area contributed by atoms with Crippen molar-refractivity contribution in [2.24, 2.45) is 5.92 Å². The van der Waals surface area contributed by atoms with Crippen LogP contribution in [0.3, 0.4) is 0 Å². The minimum atomic E-state index is -0.0198. The first-order chi connectivity index (χ1) is 12.0. The zero-order valence-electron chi connectivity index (χ0n) is 15.7. The Bertz CT molecular complexity index is 561. The van der Waals surface area contributed by atoms with Crippen LogP contribution in [0.5, 0.6) is 5.75 Å². The fraction of sp³-hybridized carbons (Fsp3) is 0.600. The maximum Gasteiger partial charge on any atom is 0.260 e. The molecule has 0 atom stereocenters. The van der Waals surface area contributed by atoms with Gasteiger partial charge in [0.25, 0.3) is 5.91 Å². The molecule has 0 aliphatic carbocycles. The number of carbonyl (C=O) groups excluding carboxylic acids is 2. The van der Waals surface area contributed by atoms with Crippen molar-refractivity contribution in [2.45, 2.75) is 40.0 Å². The van der Waals surface area contributed by atoms with E-state index in [2.05, 4.69) is 6.92 Å². The van der Waals surface area contributed by atoms with Crippen LogP contribution < -0.4 is 4.74 Å². The number of hydrogen-bond donors (Lipinski definition) is 0. The summed E-state index contributed by atoms with van der Waals surface area (Å²) in [6.07, 6.45) is 2.74. The molecular weight excluding hydrogens is 316 g/mol. The maximum atomic E-state index is 12.3. The molecule has 25 heavy (non-hydrogen) atoms. The van der Waals surface area contributed by atoms with Gasteiger partial charge < -0.3 is 14.5 Å². The van der Waals surface area contributed by atoms with E-state index in [1.165, 1.54) is 5.56 Å². The van der Waals surface area contributed by atoms with Gasteiger partial charge in [-0.05, 0) is 30.0 Å². The number of benzene rings is 1. The fourth-order valence-corrected chi connectivity index (χ4v) is 2.96. The third-order valence-electron chi connectivity index (χ3n) is 4.39. The van der Waals surface area contributed by atoms with Crippen LogP contribution in [0.15, 0.2) is 24.3 Å². The molecule has 0 spiro atoms. The van der Waals surface area contributed by atoms with Gasteiger partial charge in [-0.25, -0.2) is 0 Å². The van der Waals surface area contributed by atoms with Crippen LogP contribution in [0.4, 0.5) is 0 Å². The zero-order valence-corrected chi connectivity index (χ0v) is 15.7. The van der Waals surface area contributed by atoms with Gasteiger partial charge in [0, 0.05) is 32.6 Å². The second-order valence-corrected chi connectivity index (χ2v) is 7.04. The van der Waals surface area contributed by atoms with Crippen LogP contribution in [0.2, 0.25) is 0 Å². The summed E-state index contributed by atoms with van der Waals surface area (Å²) >= 11 is 0. The number of amides is 2. The standard InChI is InChI=1S/C20H30N2O3/c1-4-5-17-6-8-18(9-7-17)25-15-20(24)22-12-10-21(11-13-22)19(23)14-16(2)3/h6-9,16H,4-5,10-15H2,1-3H3. The first-order valence-electron chi connectivity index (χ1n) is 9.27. The maximum absolute atomic E-state index is 12.3. The van der Waals surface area contributed by atoms with Gasteiger partial charge in [-0.1, -0.05) is 39.3 Å². The summed E-state index contributed by atoms with van der Waals surface area (Å²) in [6.45, 7) is 8.69. The molecule has 5 heteroatoms. The Kier molecular flexibility index (Phi) is 7.29. The lowest BCUT2D eigenvalue weighted by Gasteiger charge is -2.35. The van der Waals surface area contributed by atoms with Crippen LogP contribution in [-0.4, -0.2) is 54.4 Å². The van der Waals surface area contributed by atoms with Crippen molar-refractivity contribution in [1.29, 1.82) is 0 Å². The van der Waals surface area contributed by atoms with Gasteiger partial charge >= 0.3 is 0 Å². The van der Waals surface area contributed by atoms with Crippen LogP contribution in [-0.2, 0) is 16.0 Å². The molecule has 1 fully saturated rings. The monoisotopic (exact) mass is 346 g/mol. The molecule has 0 unspecified atom stereocenters. The van der Waals surface area contributed by atoms with E-state index in [0.717, 1.165) is 18.6 Å². The van der Waals surface area contributed by atoms with E-state index in [-0.39, 0.29) is 18.4 Å². The van der Waals surface area contributed by atoms with Gasteiger partial charge in [0.15, 0.2) is 6.61 Å². The molecule has 0 bridgehead atoms. The fourth-order valence-electron chi connectivity index (χ4n) is 2.96. The zero-order chi connectivity index (χ0) is 18.2. The molecule has 5 nitrogen and oxygen atoms in total. The van der Waals surface area contributed by atoms with E-state index in [9.17, 15) is 9.59 Å². The Morgan fingerprint density at radius 2 is 1.56 bits per heavy atom. The van der Waals surface area contributed by atoms with Gasteiger partial charge in [0.2, 0.25) is 5.91 Å². The van der Waals surface area contributed by atoms with Crippen molar-refractivity contribution in [3.63, 3.8) is 0 Å². The van der Waals surface area contributed by atoms with E-state index in [0.29, 0.717) is 38.5 Å². The number of aryl methyl sites for hydroxylation is 1. The van der Waals surface area contributed by atoms with Gasteiger partial charge in [0.05, 0.1) is 0 Å². The molecular formula is C20H30N2O3. The molecule has 0 N–H and O–H groups in total. The number of nitrogens with zero attached hydrogens (tertiary/aromatic N) is 2. The van der Waals surface area contributed by atoms with Crippen molar-refractivity contribution in [3.8, 4) is 5.75 Å². The SMILES string of the molecule is CCCc1ccc(OCC(=O)N2CCN(C(=O)CC(C)C)CC2)cc1. The van der Waals surface area contributed by atoms with Crippen molar-refractivity contribution >= 4 is 11.8 Å². The van der Waals surface area contributed by atoms with Crippen molar-refractivity contribution in [2.75, 3.05) is 32.8 Å². The van der Waals surface area contributed by atoms with E-state index >= 15 is 0 Å². The Balaban J connectivity index is 1.74. The van der Waals surface area contributed by atoms with Gasteiger partial charge in [-0.2, -0.15) is 0 Å². The molecule has 1 heterocycles. The van der Waals surface area contributed by atoms with Crippen LogP contribution in [0.1, 0.15) is 39.2 Å². The third-order valence-corrected chi connectivity index (χ3v) is 4.39. The average molecular weight is 346 g/mol. The minimum Gasteiger partial charge on any atom is -0.484 e. The predicted octanol–water partition coefficient (Wildman–Crippen LogP) is 2.73. The molecule has 0 saturated carbocycles. The molecule has 0 radical (unpaired) electrons. The van der Waals surface area contributed by atoms with E-state index < -0.39 is 0 Å². The van der Waals surface area contributed by atoms with Crippen molar-refractivity contribution in [1.82, 2.24) is 9.80 Å². The second-order valence-electron chi connectivity index (χ2n) is 7.04.